The van der Waals surface area contributed by atoms with Crippen LogP contribution in [-0.4, -0.2) is 78.2 Å². The van der Waals surface area contributed by atoms with E-state index in [4.69, 9.17) is 0 Å². The average molecular weight is 474 g/mol. The van der Waals surface area contributed by atoms with Crippen molar-refractivity contribution in [3.8, 4) is 10.4 Å². The van der Waals surface area contributed by atoms with Crippen LogP contribution in [0.25, 0.3) is 21.3 Å². The van der Waals surface area contributed by atoms with E-state index in [1.165, 1.54) is 0 Å². The fourth-order valence-electron chi connectivity index (χ4n) is 3.93. The molecule has 34 heavy (non-hydrogen) atoms. The molecule has 3 aromatic heterocycles. The third-order valence-corrected chi connectivity index (χ3v) is 7.34. The highest BCUT2D eigenvalue weighted by Crippen LogP contribution is 2.32. The number of pyridine rings is 1. The molecule has 1 aromatic carbocycles. The monoisotopic (exact) mass is 473 g/mol. The van der Waals surface area contributed by atoms with Crippen molar-refractivity contribution in [3.05, 3.63) is 60.0 Å². The molecule has 4 heterocycles. The number of Topliss-reactive ketones (excluding diaryl/α,β-unsaturated/α-hetero) is 1. The Balaban J connectivity index is 1.33. The summed E-state index contributed by atoms with van der Waals surface area (Å²) in [6, 6.07) is 12.2. The second-order valence-electron chi connectivity index (χ2n) is 9.04. The zero-order chi connectivity index (χ0) is 23.8. The second-order valence-corrected chi connectivity index (χ2v) is 10.0. The number of carbonyl (C=O) groups is 1. The summed E-state index contributed by atoms with van der Waals surface area (Å²) >= 11 is 1.64. The smallest absolute Gasteiger partial charge is 0.185 e. The molecule has 1 aliphatic rings. The average Bonchev–Trinajstić information content (AvgIpc) is 3.28. The summed E-state index contributed by atoms with van der Waals surface area (Å²) in [4.78, 5) is 29.4. The molecule has 8 nitrogen and oxygen atoms in total. The molecule has 0 aliphatic carbocycles. The van der Waals surface area contributed by atoms with Gasteiger partial charge in [-0.15, -0.1) is 0 Å². The molecule has 4 aromatic rings. The van der Waals surface area contributed by atoms with Gasteiger partial charge in [0.1, 0.15) is 5.82 Å². The van der Waals surface area contributed by atoms with Crippen molar-refractivity contribution in [2.75, 3.05) is 51.1 Å². The molecule has 0 unspecified atom stereocenters. The van der Waals surface area contributed by atoms with Crippen molar-refractivity contribution in [3.63, 3.8) is 0 Å². The van der Waals surface area contributed by atoms with Crippen molar-refractivity contribution in [1.82, 2.24) is 25.1 Å². The van der Waals surface area contributed by atoms with Crippen LogP contribution in [-0.2, 0) is 6.42 Å². The van der Waals surface area contributed by atoms with Crippen LogP contribution in [0.3, 0.4) is 0 Å². The highest BCUT2D eigenvalue weighted by atomic mass is 32.1. The number of thiazole rings is 1. The molecular formula is C25H27N7OS. The first-order chi connectivity index (χ1) is 16.4. The Bertz CT molecular complexity index is 1340. The molecule has 1 fully saturated rings. The lowest BCUT2D eigenvalue weighted by Gasteiger charge is -2.43. The Kier molecular flexibility index (Phi) is 5.97. The first kappa shape index (κ1) is 22.4. The van der Waals surface area contributed by atoms with E-state index >= 15 is 0 Å². The molecule has 0 atom stereocenters. The van der Waals surface area contributed by atoms with Gasteiger partial charge in [0.2, 0.25) is 0 Å². The first-order valence-corrected chi connectivity index (χ1v) is 12.0. The van der Waals surface area contributed by atoms with Crippen LogP contribution >= 0.6 is 11.3 Å². The topological polar surface area (TPSA) is 78.3 Å². The Morgan fingerprint density at radius 1 is 1.06 bits per heavy atom. The third-order valence-electron chi connectivity index (χ3n) is 6.12. The second kappa shape index (κ2) is 9.08. The fraction of sp³-hybridized carbons (Fsp3) is 0.320. The molecule has 5 rings (SSSR count). The lowest BCUT2D eigenvalue weighted by Crippen LogP contribution is -2.57. The predicted molar refractivity (Wildman–Crippen MR) is 137 cm³/mol. The fourth-order valence-corrected chi connectivity index (χ4v) is 4.77. The number of carbonyl (C=O) groups excluding carboxylic acids is 1. The summed E-state index contributed by atoms with van der Waals surface area (Å²) < 4.78 is 0. The largest absolute Gasteiger partial charge is 0.354 e. The van der Waals surface area contributed by atoms with Crippen LogP contribution in [0, 0.1) is 0 Å². The number of ketones is 1. The minimum Gasteiger partial charge on any atom is -0.354 e. The molecule has 0 N–H and O–H groups in total. The maximum absolute atomic E-state index is 13.0. The van der Waals surface area contributed by atoms with Crippen LogP contribution in [0.5, 0.6) is 0 Å². The van der Waals surface area contributed by atoms with Gasteiger partial charge >= 0.3 is 0 Å². The number of fused-ring (bicyclic) bond motifs is 1. The number of hydrogen-bond donors (Lipinski definition) is 0. The highest BCUT2D eigenvalue weighted by Gasteiger charge is 2.29. The SMILES string of the molecule is CN(C)c1ncc(-c2ccc3nnc(CC(=O)c4ccnc(N5CC(N(C)C)C5)c4)cc3c2)s1. The van der Waals surface area contributed by atoms with Crippen LogP contribution in [0.15, 0.2) is 48.8 Å². The summed E-state index contributed by atoms with van der Waals surface area (Å²) in [5.74, 6) is 0.857. The quantitative estimate of drug-likeness (QED) is 0.378. The van der Waals surface area contributed by atoms with E-state index in [1.807, 2.05) is 49.5 Å². The third kappa shape index (κ3) is 4.49. The van der Waals surface area contributed by atoms with Gasteiger partial charge in [-0.25, -0.2) is 9.97 Å². The number of benzene rings is 1. The standard InChI is InChI=1S/C25H27N7OS/c1-30(2)20-14-32(15-20)24-11-16(7-8-26-24)22(33)12-19-10-18-9-17(5-6-21(18)29-28-19)23-13-27-25(34-23)31(3)4/h5-11,13,20H,12,14-15H2,1-4H3. The molecular weight excluding hydrogens is 446 g/mol. The van der Waals surface area contributed by atoms with Crippen LogP contribution < -0.4 is 9.80 Å². The number of likely N-dealkylation sites (N-methyl/N-ethyl adjacent to an activating group) is 1. The predicted octanol–water partition coefficient (Wildman–Crippen LogP) is 3.39. The molecule has 0 radical (unpaired) electrons. The van der Waals surface area contributed by atoms with Gasteiger partial charge in [-0.05, 0) is 50.0 Å². The van der Waals surface area contributed by atoms with Crippen LogP contribution in [0.1, 0.15) is 16.1 Å². The van der Waals surface area contributed by atoms with Crippen molar-refractivity contribution < 1.29 is 4.79 Å². The summed E-state index contributed by atoms with van der Waals surface area (Å²) in [5, 5.41) is 10.6. The zero-order valence-corrected chi connectivity index (χ0v) is 20.6. The van der Waals surface area contributed by atoms with Gasteiger partial charge < -0.3 is 14.7 Å². The van der Waals surface area contributed by atoms with Gasteiger partial charge in [0.15, 0.2) is 10.9 Å². The molecule has 1 saturated heterocycles. The van der Waals surface area contributed by atoms with Gasteiger partial charge in [-0.3, -0.25) is 4.79 Å². The number of nitrogens with zero attached hydrogens (tertiary/aromatic N) is 7. The Morgan fingerprint density at radius 2 is 1.88 bits per heavy atom. The van der Waals surface area contributed by atoms with E-state index in [2.05, 4.69) is 50.1 Å². The number of aromatic nitrogens is 4. The van der Waals surface area contributed by atoms with Crippen LogP contribution in [0.4, 0.5) is 10.9 Å². The lowest BCUT2D eigenvalue weighted by atomic mass is 10.0. The zero-order valence-electron chi connectivity index (χ0n) is 19.8. The minimum absolute atomic E-state index is 0.0104. The first-order valence-electron chi connectivity index (χ1n) is 11.2. The van der Waals surface area contributed by atoms with Crippen molar-refractivity contribution in [2.45, 2.75) is 12.5 Å². The van der Waals surface area contributed by atoms with Gasteiger partial charge in [0.05, 0.1) is 22.5 Å². The summed E-state index contributed by atoms with van der Waals surface area (Å²) in [5.41, 5.74) is 3.18. The van der Waals surface area contributed by atoms with Gasteiger partial charge in [0.25, 0.3) is 0 Å². The molecule has 9 heteroatoms. The van der Waals surface area contributed by atoms with E-state index in [0.29, 0.717) is 17.3 Å². The van der Waals surface area contributed by atoms with E-state index < -0.39 is 0 Å². The molecule has 1 aliphatic heterocycles. The van der Waals surface area contributed by atoms with Crippen molar-refractivity contribution in [2.24, 2.45) is 0 Å². The van der Waals surface area contributed by atoms with Crippen molar-refractivity contribution >= 4 is 39.0 Å². The lowest BCUT2D eigenvalue weighted by molar-refractivity contribution is 0.0991. The van der Waals surface area contributed by atoms with E-state index in [9.17, 15) is 4.79 Å². The normalized spacial score (nSPS) is 14.0. The number of hydrogen-bond acceptors (Lipinski definition) is 9. The number of anilines is 2. The number of rotatable bonds is 7. The molecule has 0 amide bonds. The molecule has 0 saturated carbocycles. The van der Waals surface area contributed by atoms with Gasteiger partial charge in [-0.1, -0.05) is 17.4 Å². The summed E-state index contributed by atoms with van der Waals surface area (Å²) in [7, 11) is 8.14. The van der Waals surface area contributed by atoms with Crippen molar-refractivity contribution in [1.29, 1.82) is 0 Å². The minimum atomic E-state index is 0.0104. The maximum Gasteiger partial charge on any atom is 0.185 e. The Morgan fingerprint density at radius 3 is 2.62 bits per heavy atom. The van der Waals surface area contributed by atoms with E-state index in [-0.39, 0.29) is 12.2 Å². The Labute approximate surface area is 202 Å². The molecule has 0 bridgehead atoms. The van der Waals surface area contributed by atoms with E-state index in [1.54, 1.807) is 23.6 Å². The van der Waals surface area contributed by atoms with Crippen LogP contribution in [0.2, 0.25) is 0 Å². The highest BCUT2D eigenvalue weighted by molar-refractivity contribution is 7.18. The maximum atomic E-state index is 13.0. The van der Waals surface area contributed by atoms with Gasteiger partial charge in [0, 0.05) is 56.6 Å². The molecule has 174 valence electrons. The summed E-state index contributed by atoms with van der Waals surface area (Å²) in [6.07, 6.45) is 3.79. The molecule has 0 spiro atoms. The Hall–Kier alpha value is -3.43. The summed E-state index contributed by atoms with van der Waals surface area (Å²) in [6.45, 7) is 1.85. The van der Waals surface area contributed by atoms with Gasteiger partial charge in [-0.2, -0.15) is 10.2 Å². The van der Waals surface area contributed by atoms with E-state index in [0.717, 1.165) is 45.4 Å².